The lowest BCUT2D eigenvalue weighted by atomic mass is 10.2. The zero-order valence-electron chi connectivity index (χ0n) is 6.82. The normalized spacial score (nSPS) is 16.4. The number of rotatable bonds is 0. The zero-order chi connectivity index (χ0) is 8.39. The summed E-state index contributed by atoms with van der Waals surface area (Å²) in [7, 11) is 0. The van der Waals surface area contributed by atoms with Gasteiger partial charge < -0.3 is 0 Å². The SMILES string of the molecule is [2H]C1=CN=Cc2ccccc2S1. The van der Waals surface area contributed by atoms with Crippen LogP contribution in [0, 0.1) is 0 Å². The average molecular weight is 162 g/mol. The molecule has 0 aromatic heterocycles. The van der Waals surface area contributed by atoms with Crippen LogP contribution in [0.2, 0.25) is 0 Å². The molecule has 0 fully saturated rings. The summed E-state index contributed by atoms with van der Waals surface area (Å²) in [4.78, 5) is 5.10. The van der Waals surface area contributed by atoms with Gasteiger partial charge in [-0.25, -0.2) is 0 Å². The Hall–Kier alpha value is -1.02. The maximum absolute atomic E-state index is 7.45. The van der Waals surface area contributed by atoms with Crippen molar-refractivity contribution in [2.24, 2.45) is 4.99 Å². The summed E-state index contributed by atoms with van der Waals surface area (Å²) in [5.74, 6) is 0. The van der Waals surface area contributed by atoms with Crippen LogP contribution in [0.4, 0.5) is 0 Å². The first-order chi connectivity index (χ1) is 5.86. The molecule has 0 atom stereocenters. The molecular weight excluding hydrogens is 154 g/mol. The van der Waals surface area contributed by atoms with Crippen LogP contribution in [0.1, 0.15) is 6.93 Å². The number of hydrogen-bond donors (Lipinski definition) is 0. The van der Waals surface area contributed by atoms with Crippen molar-refractivity contribution in [2.45, 2.75) is 4.90 Å². The standard InChI is InChI=1S/C9H7NS/c1-2-4-9-8(3-1)7-10-5-6-11-9/h1-7H/i6D. The lowest BCUT2D eigenvalue weighted by molar-refractivity contribution is 1.44. The molecule has 0 saturated heterocycles. The fourth-order valence-corrected chi connectivity index (χ4v) is 1.54. The molecular formula is C9H7NS. The van der Waals surface area contributed by atoms with Crippen LogP contribution in [0.5, 0.6) is 0 Å². The second kappa shape index (κ2) is 2.93. The van der Waals surface area contributed by atoms with Gasteiger partial charge in [-0.2, -0.15) is 0 Å². The van der Waals surface area contributed by atoms with E-state index in [1.807, 2.05) is 24.3 Å². The van der Waals surface area contributed by atoms with E-state index in [2.05, 4.69) is 4.99 Å². The van der Waals surface area contributed by atoms with Crippen molar-refractivity contribution in [3.63, 3.8) is 0 Å². The Labute approximate surface area is 71.3 Å². The summed E-state index contributed by atoms with van der Waals surface area (Å²) < 4.78 is 7.45. The number of nitrogens with zero attached hydrogens (tertiary/aromatic N) is 1. The fourth-order valence-electron chi connectivity index (χ4n) is 0.918. The van der Waals surface area contributed by atoms with E-state index in [1.165, 1.54) is 11.8 Å². The first-order valence-corrected chi connectivity index (χ1v) is 4.15. The van der Waals surface area contributed by atoms with E-state index in [4.69, 9.17) is 1.37 Å². The highest BCUT2D eigenvalue weighted by Crippen LogP contribution is 2.23. The van der Waals surface area contributed by atoms with E-state index in [-0.39, 0.29) is 0 Å². The van der Waals surface area contributed by atoms with Gasteiger partial charge in [0.05, 0.1) is 1.37 Å². The highest BCUT2D eigenvalue weighted by Gasteiger charge is 1.98. The van der Waals surface area contributed by atoms with E-state index in [0.717, 1.165) is 10.5 Å². The molecule has 0 radical (unpaired) electrons. The Bertz CT molecular complexity index is 357. The van der Waals surface area contributed by atoms with E-state index in [0.29, 0.717) is 5.38 Å². The van der Waals surface area contributed by atoms with Crippen molar-refractivity contribution >= 4 is 18.0 Å². The molecule has 0 bridgehead atoms. The largest absolute Gasteiger partial charge is 0.264 e. The van der Waals surface area contributed by atoms with Crippen LogP contribution in [0.3, 0.4) is 0 Å². The molecule has 0 spiro atoms. The molecule has 2 heteroatoms. The van der Waals surface area contributed by atoms with E-state index in [9.17, 15) is 0 Å². The van der Waals surface area contributed by atoms with Crippen molar-refractivity contribution in [1.29, 1.82) is 0 Å². The third-order valence-corrected chi connectivity index (χ3v) is 2.24. The predicted molar refractivity (Wildman–Crippen MR) is 49.0 cm³/mol. The molecule has 0 aliphatic carbocycles. The van der Waals surface area contributed by atoms with Crippen LogP contribution < -0.4 is 0 Å². The van der Waals surface area contributed by atoms with Gasteiger partial charge in [0.25, 0.3) is 0 Å². The van der Waals surface area contributed by atoms with E-state index in [1.54, 1.807) is 12.4 Å². The van der Waals surface area contributed by atoms with Crippen LogP contribution in [0.15, 0.2) is 45.7 Å². The molecule has 0 saturated carbocycles. The topological polar surface area (TPSA) is 12.4 Å². The zero-order valence-corrected chi connectivity index (χ0v) is 6.64. The van der Waals surface area contributed by atoms with E-state index >= 15 is 0 Å². The summed E-state index contributed by atoms with van der Waals surface area (Å²) in [5.41, 5.74) is 1.08. The quantitative estimate of drug-likeness (QED) is 0.571. The fraction of sp³-hybridized carbons (Fsp3) is 0. The third-order valence-electron chi connectivity index (χ3n) is 1.43. The minimum Gasteiger partial charge on any atom is -0.264 e. The van der Waals surface area contributed by atoms with Gasteiger partial charge in [-0.1, -0.05) is 30.0 Å². The minimum atomic E-state index is 0.483. The Morgan fingerprint density at radius 2 is 2.27 bits per heavy atom. The molecule has 0 amide bonds. The summed E-state index contributed by atoms with van der Waals surface area (Å²) in [6.07, 6.45) is 3.34. The van der Waals surface area contributed by atoms with Crippen LogP contribution in [-0.2, 0) is 0 Å². The molecule has 1 aliphatic rings. The van der Waals surface area contributed by atoms with Crippen molar-refractivity contribution in [2.75, 3.05) is 0 Å². The second-order valence-corrected chi connectivity index (χ2v) is 3.04. The summed E-state index contributed by atoms with van der Waals surface area (Å²) in [6.45, 7) is 0. The summed E-state index contributed by atoms with van der Waals surface area (Å²) in [5, 5.41) is 0.483. The molecule has 1 aromatic carbocycles. The van der Waals surface area contributed by atoms with Gasteiger partial charge in [0.2, 0.25) is 0 Å². The average Bonchev–Trinajstić information content (AvgIpc) is 2.25. The van der Waals surface area contributed by atoms with Crippen LogP contribution in [-0.4, -0.2) is 6.21 Å². The van der Waals surface area contributed by atoms with Crippen molar-refractivity contribution in [3.05, 3.63) is 41.4 Å². The Morgan fingerprint density at radius 3 is 3.27 bits per heavy atom. The third kappa shape index (κ3) is 1.35. The number of aliphatic imine (C=N–C) groups is 1. The second-order valence-electron chi connectivity index (χ2n) is 2.17. The monoisotopic (exact) mass is 162 g/mol. The molecule has 2 rings (SSSR count). The number of thioether (sulfide) groups is 1. The van der Waals surface area contributed by atoms with Gasteiger partial charge in [0.15, 0.2) is 0 Å². The van der Waals surface area contributed by atoms with Gasteiger partial charge >= 0.3 is 0 Å². The maximum atomic E-state index is 7.45. The Morgan fingerprint density at radius 1 is 1.36 bits per heavy atom. The number of fused-ring (bicyclic) bond motifs is 1. The molecule has 1 aliphatic heterocycles. The maximum Gasteiger partial charge on any atom is 0.0717 e. The number of benzene rings is 1. The van der Waals surface area contributed by atoms with Crippen molar-refractivity contribution in [1.82, 2.24) is 0 Å². The van der Waals surface area contributed by atoms with Gasteiger partial charge in [0.1, 0.15) is 0 Å². The molecule has 1 heterocycles. The minimum absolute atomic E-state index is 0.483. The van der Waals surface area contributed by atoms with Gasteiger partial charge in [0, 0.05) is 22.9 Å². The predicted octanol–water partition coefficient (Wildman–Crippen LogP) is 2.68. The lowest BCUT2D eigenvalue weighted by Gasteiger charge is -1.97. The van der Waals surface area contributed by atoms with Crippen molar-refractivity contribution < 1.29 is 1.37 Å². The lowest BCUT2D eigenvalue weighted by Crippen LogP contribution is -1.81. The van der Waals surface area contributed by atoms with Gasteiger partial charge in [-0.3, -0.25) is 4.99 Å². The number of hydrogen-bond acceptors (Lipinski definition) is 2. The molecule has 1 nitrogen and oxygen atoms in total. The molecule has 1 aromatic rings. The smallest absolute Gasteiger partial charge is 0.0717 e. The Balaban J connectivity index is 2.49. The van der Waals surface area contributed by atoms with Gasteiger partial charge in [-0.05, 0) is 11.5 Å². The highest BCUT2D eigenvalue weighted by molar-refractivity contribution is 8.02. The molecule has 11 heavy (non-hydrogen) atoms. The van der Waals surface area contributed by atoms with Crippen LogP contribution in [0.25, 0.3) is 0 Å². The first-order valence-electron chi connectivity index (χ1n) is 3.83. The van der Waals surface area contributed by atoms with Crippen molar-refractivity contribution in [3.8, 4) is 0 Å². The summed E-state index contributed by atoms with van der Waals surface area (Å²) >= 11 is 1.44. The molecule has 0 N–H and O–H groups in total. The molecule has 0 unspecified atom stereocenters. The Kier molecular flexibility index (Phi) is 1.49. The summed E-state index contributed by atoms with van der Waals surface area (Å²) in [6, 6.07) is 7.94. The van der Waals surface area contributed by atoms with Crippen LogP contribution >= 0.6 is 11.8 Å². The highest BCUT2D eigenvalue weighted by atomic mass is 32.2. The first kappa shape index (κ1) is 5.61. The van der Waals surface area contributed by atoms with E-state index < -0.39 is 0 Å². The van der Waals surface area contributed by atoms with Gasteiger partial charge in [-0.15, -0.1) is 0 Å². The molecule has 54 valence electrons.